The molecule has 5 rings (SSSR count). The maximum atomic E-state index is 13.1. The van der Waals surface area contributed by atoms with Gasteiger partial charge in [-0.05, 0) is 61.7 Å². The van der Waals surface area contributed by atoms with Crippen molar-refractivity contribution < 1.29 is 18.0 Å². The summed E-state index contributed by atoms with van der Waals surface area (Å²) in [5.41, 5.74) is 2.79. The van der Waals surface area contributed by atoms with Crippen molar-refractivity contribution in [3.8, 4) is 5.69 Å². The zero-order chi connectivity index (χ0) is 21.0. The fraction of sp³-hybridized carbons (Fsp3) is 0.348. The first-order valence-electron chi connectivity index (χ1n) is 10.1. The number of hydrogen-bond acceptors (Lipinski definition) is 2. The van der Waals surface area contributed by atoms with Crippen LogP contribution in [-0.4, -0.2) is 29.6 Å². The van der Waals surface area contributed by atoms with E-state index in [-0.39, 0.29) is 11.8 Å². The Labute approximate surface area is 172 Å². The van der Waals surface area contributed by atoms with Gasteiger partial charge < -0.3 is 14.8 Å². The Morgan fingerprint density at radius 3 is 2.50 bits per heavy atom. The van der Waals surface area contributed by atoms with Crippen LogP contribution in [0.3, 0.4) is 0 Å². The molecule has 30 heavy (non-hydrogen) atoms. The molecule has 1 saturated heterocycles. The molecule has 1 aromatic heterocycles. The predicted octanol–water partition coefficient (Wildman–Crippen LogP) is 4.67. The smallest absolute Gasteiger partial charge is 0.370 e. The molecule has 4 nitrogen and oxygen atoms in total. The van der Waals surface area contributed by atoms with Crippen LogP contribution in [0.5, 0.6) is 0 Å². The molecule has 2 fully saturated rings. The summed E-state index contributed by atoms with van der Waals surface area (Å²) in [5, 5.41) is 3.65. The molecule has 0 unspecified atom stereocenters. The number of fused-ring (bicyclic) bond motifs is 1. The van der Waals surface area contributed by atoms with E-state index in [4.69, 9.17) is 0 Å². The molecule has 0 radical (unpaired) electrons. The number of halogens is 3. The molecular formula is C23H22F3N3O. The van der Waals surface area contributed by atoms with Gasteiger partial charge in [-0.25, -0.2) is 0 Å². The fourth-order valence-electron chi connectivity index (χ4n) is 4.03. The maximum absolute atomic E-state index is 13.1. The molecule has 3 aromatic rings. The van der Waals surface area contributed by atoms with Crippen LogP contribution >= 0.6 is 0 Å². The highest BCUT2D eigenvalue weighted by atomic mass is 19.4. The van der Waals surface area contributed by atoms with Crippen molar-refractivity contribution in [2.45, 2.75) is 32.0 Å². The van der Waals surface area contributed by atoms with E-state index < -0.39 is 11.7 Å². The lowest BCUT2D eigenvalue weighted by Gasteiger charge is -2.40. The van der Waals surface area contributed by atoms with Gasteiger partial charge in [0.25, 0.3) is 0 Å². The molecule has 2 aliphatic rings. The number of rotatable bonds is 4. The van der Waals surface area contributed by atoms with Gasteiger partial charge in [0.05, 0.1) is 17.0 Å². The van der Waals surface area contributed by atoms with Crippen LogP contribution in [0.2, 0.25) is 0 Å². The van der Waals surface area contributed by atoms with Crippen molar-refractivity contribution in [3.05, 3.63) is 59.8 Å². The minimum atomic E-state index is -4.36. The van der Waals surface area contributed by atoms with Gasteiger partial charge in [0.1, 0.15) is 0 Å². The van der Waals surface area contributed by atoms with E-state index in [1.54, 1.807) is 0 Å². The van der Waals surface area contributed by atoms with Gasteiger partial charge in [-0.15, -0.1) is 0 Å². The summed E-state index contributed by atoms with van der Waals surface area (Å²) >= 11 is 0. The minimum Gasteiger partial charge on any atom is -0.370 e. The summed E-state index contributed by atoms with van der Waals surface area (Å²) in [5.74, 6) is 0.155. The monoisotopic (exact) mass is 413 g/mol. The lowest BCUT2D eigenvalue weighted by Crippen LogP contribution is -2.54. The van der Waals surface area contributed by atoms with Crippen LogP contribution in [0.1, 0.15) is 24.0 Å². The van der Waals surface area contributed by atoms with Crippen LogP contribution in [0.25, 0.3) is 16.6 Å². The Hall–Kier alpha value is -2.96. The lowest BCUT2D eigenvalue weighted by atomic mass is 9.98. The van der Waals surface area contributed by atoms with Crippen LogP contribution in [-0.2, 0) is 11.0 Å². The van der Waals surface area contributed by atoms with Crippen LogP contribution < -0.4 is 10.2 Å². The van der Waals surface area contributed by atoms with Crippen molar-refractivity contribution in [2.24, 2.45) is 5.92 Å². The molecular weight excluding hydrogens is 391 g/mol. The zero-order valence-electron chi connectivity index (χ0n) is 16.5. The van der Waals surface area contributed by atoms with Gasteiger partial charge in [-0.2, -0.15) is 13.2 Å². The SMILES string of the molecule is Cc1cn(-c2cccc(N3CC(C(=O)NC4CC4)C3)c2)c2ccc(C(F)(F)F)cc12. The number of nitrogens with zero attached hydrogens (tertiary/aromatic N) is 2. The summed E-state index contributed by atoms with van der Waals surface area (Å²) in [7, 11) is 0. The first kappa shape index (κ1) is 19.0. The number of benzene rings is 2. The molecule has 156 valence electrons. The average Bonchev–Trinajstić information content (AvgIpc) is 3.41. The molecule has 2 aromatic carbocycles. The maximum Gasteiger partial charge on any atom is 0.416 e. The van der Waals surface area contributed by atoms with Crippen LogP contribution in [0.15, 0.2) is 48.7 Å². The number of anilines is 1. The largest absolute Gasteiger partial charge is 0.416 e. The normalized spacial score (nSPS) is 17.3. The van der Waals surface area contributed by atoms with E-state index in [9.17, 15) is 18.0 Å². The quantitative estimate of drug-likeness (QED) is 0.675. The number of alkyl halides is 3. The summed E-state index contributed by atoms with van der Waals surface area (Å²) in [4.78, 5) is 14.3. The Morgan fingerprint density at radius 1 is 1.07 bits per heavy atom. The van der Waals surface area contributed by atoms with Crippen molar-refractivity contribution in [1.29, 1.82) is 0 Å². The standard InChI is InChI=1S/C23H22F3N3O/c1-14-11-29(21-8-5-16(9-20(14)21)23(24,25)26)19-4-2-3-18(10-19)28-12-15(13-28)22(30)27-17-6-7-17/h2-5,8-11,15,17H,6-7,12-13H2,1H3,(H,27,30). The Bertz CT molecular complexity index is 1120. The number of aromatic nitrogens is 1. The third-order valence-electron chi connectivity index (χ3n) is 5.98. The summed E-state index contributed by atoms with van der Waals surface area (Å²) in [6.07, 6.45) is -0.327. The van der Waals surface area contributed by atoms with Crippen molar-refractivity contribution in [2.75, 3.05) is 18.0 Å². The minimum absolute atomic E-state index is 0.0182. The molecule has 0 spiro atoms. The fourth-order valence-corrected chi connectivity index (χ4v) is 4.03. The van der Waals surface area contributed by atoms with Crippen molar-refractivity contribution >= 4 is 22.5 Å². The van der Waals surface area contributed by atoms with Gasteiger partial charge in [0.2, 0.25) is 5.91 Å². The zero-order valence-corrected chi connectivity index (χ0v) is 16.5. The third kappa shape index (κ3) is 3.42. The molecule has 1 aliphatic heterocycles. The van der Waals surface area contributed by atoms with Crippen LogP contribution in [0, 0.1) is 12.8 Å². The highest BCUT2D eigenvalue weighted by Gasteiger charge is 2.35. The first-order valence-corrected chi connectivity index (χ1v) is 10.1. The Kier molecular flexibility index (Phi) is 4.31. The number of aryl methyl sites for hydroxylation is 1. The van der Waals surface area contributed by atoms with Crippen molar-refractivity contribution in [3.63, 3.8) is 0 Å². The highest BCUT2D eigenvalue weighted by Crippen LogP contribution is 2.35. The van der Waals surface area contributed by atoms with Gasteiger partial charge in [0.15, 0.2) is 0 Å². The second kappa shape index (κ2) is 6.79. The molecule has 1 aliphatic carbocycles. The van der Waals surface area contributed by atoms with Crippen LogP contribution in [0.4, 0.5) is 18.9 Å². The summed E-state index contributed by atoms with van der Waals surface area (Å²) in [6, 6.07) is 12.1. The number of nitrogens with one attached hydrogen (secondary N) is 1. The van der Waals surface area contributed by atoms with Gasteiger partial charge in [-0.1, -0.05) is 6.07 Å². The second-order valence-corrected chi connectivity index (χ2v) is 8.32. The average molecular weight is 413 g/mol. The van der Waals surface area contributed by atoms with Gasteiger partial charge >= 0.3 is 6.18 Å². The van der Waals surface area contributed by atoms with E-state index in [0.29, 0.717) is 24.5 Å². The topological polar surface area (TPSA) is 37.3 Å². The summed E-state index contributed by atoms with van der Waals surface area (Å²) < 4.78 is 41.2. The Morgan fingerprint density at radius 2 is 1.80 bits per heavy atom. The molecule has 7 heteroatoms. The number of carbonyl (C=O) groups is 1. The molecule has 1 saturated carbocycles. The molecule has 0 bridgehead atoms. The van der Waals surface area contributed by atoms with Gasteiger partial charge in [0, 0.05) is 42.1 Å². The number of amides is 1. The first-order chi connectivity index (χ1) is 14.3. The number of hydrogen-bond donors (Lipinski definition) is 1. The van der Waals surface area contributed by atoms with Crippen molar-refractivity contribution in [1.82, 2.24) is 9.88 Å². The molecule has 1 N–H and O–H groups in total. The predicted molar refractivity (Wildman–Crippen MR) is 110 cm³/mol. The van der Waals surface area contributed by atoms with E-state index in [1.807, 2.05) is 42.0 Å². The molecule has 1 amide bonds. The van der Waals surface area contributed by atoms with E-state index in [1.165, 1.54) is 12.1 Å². The second-order valence-electron chi connectivity index (χ2n) is 8.32. The van der Waals surface area contributed by atoms with E-state index >= 15 is 0 Å². The van der Waals surface area contributed by atoms with Gasteiger partial charge in [-0.3, -0.25) is 4.79 Å². The van der Waals surface area contributed by atoms with E-state index in [2.05, 4.69) is 10.2 Å². The van der Waals surface area contributed by atoms with E-state index in [0.717, 1.165) is 41.4 Å². The summed E-state index contributed by atoms with van der Waals surface area (Å²) in [6.45, 7) is 3.19. The lowest BCUT2D eigenvalue weighted by molar-refractivity contribution is -0.137. The third-order valence-corrected chi connectivity index (χ3v) is 5.98. The molecule has 0 atom stereocenters. The Balaban J connectivity index is 1.39. The molecule has 2 heterocycles. The number of carbonyl (C=O) groups excluding carboxylic acids is 1. The highest BCUT2D eigenvalue weighted by molar-refractivity contribution is 5.86.